The van der Waals surface area contributed by atoms with Crippen LogP contribution in [-0.2, 0) is 6.54 Å². The van der Waals surface area contributed by atoms with Gasteiger partial charge in [0.15, 0.2) is 5.96 Å². The van der Waals surface area contributed by atoms with E-state index in [0.717, 1.165) is 38.4 Å². The van der Waals surface area contributed by atoms with E-state index in [9.17, 15) is 0 Å². The third kappa shape index (κ3) is 6.64. The van der Waals surface area contributed by atoms with Gasteiger partial charge in [0.2, 0.25) is 0 Å². The lowest BCUT2D eigenvalue weighted by atomic mass is 9.83. The molecule has 2 rings (SSSR count). The summed E-state index contributed by atoms with van der Waals surface area (Å²) in [5, 5.41) is 14.5. The summed E-state index contributed by atoms with van der Waals surface area (Å²) in [6.45, 7) is 5.28. The molecule has 0 radical (unpaired) electrons. The van der Waals surface area contributed by atoms with E-state index in [2.05, 4.69) is 32.7 Å². The lowest BCUT2D eigenvalue weighted by Gasteiger charge is -2.28. The average Bonchev–Trinajstić information content (AvgIpc) is 3.22. The van der Waals surface area contributed by atoms with Gasteiger partial charge in [0, 0.05) is 26.7 Å². The summed E-state index contributed by atoms with van der Waals surface area (Å²) in [5.74, 6) is 0.934. The minimum atomic E-state index is 0. The average molecular weight is 434 g/mol. The van der Waals surface area contributed by atoms with Crippen molar-refractivity contribution in [2.75, 3.05) is 20.1 Å². The van der Waals surface area contributed by atoms with E-state index in [0.29, 0.717) is 5.41 Å². The number of guanidine groups is 1. The Bertz CT molecular complexity index is 439. The number of halogens is 1. The molecule has 1 saturated carbocycles. The van der Waals surface area contributed by atoms with E-state index in [4.69, 9.17) is 0 Å². The largest absolute Gasteiger partial charge is 0.356 e. The predicted octanol–water partition coefficient (Wildman–Crippen LogP) is 2.81. The molecule has 132 valence electrons. The molecule has 1 fully saturated rings. The smallest absolute Gasteiger partial charge is 0.190 e. The summed E-state index contributed by atoms with van der Waals surface area (Å²) in [6.07, 6.45) is 12.5. The van der Waals surface area contributed by atoms with Gasteiger partial charge >= 0.3 is 0 Å². The van der Waals surface area contributed by atoms with E-state index in [-0.39, 0.29) is 24.0 Å². The van der Waals surface area contributed by atoms with Gasteiger partial charge in [-0.1, -0.05) is 19.8 Å². The van der Waals surface area contributed by atoms with Crippen molar-refractivity contribution in [2.45, 2.75) is 58.4 Å². The van der Waals surface area contributed by atoms with Crippen LogP contribution in [0.5, 0.6) is 0 Å². The first-order chi connectivity index (χ1) is 10.8. The predicted molar refractivity (Wildman–Crippen MR) is 105 cm³/mol. The van der Waals surface area contributed by atoms with Gasteiger partial charge in [-0.15, -0.1) is 34.2 Å². The molecule has 7 heteroatoms. The molecule has 1 aromatic heterocycles. The molecule has 1 aromatic rings. The minimum absolute atomic E-state index is 0. The Morgan fingerprint density at radius 3 is 2.48 bits per heavy atom. The van der Waals surface area contributed by atoms with Crippen LogP contribution in [0.2, 0.25) is 0 Å². The van der Waals surface area contributed by atoms with Crippen LogP contribution in [0.3, 0.4) is 0 Å². The summed E-state index contributed by atoms with van der Waals surface area (Å²) in [4.78, 5) is 4.33. The first-order valence-corrected chi connectivity index (χ1v) is 8.55. The maximum absolute atomic E-state index is 4.33. The SMILES string of the molecule is CCC1(CNC(=NC)NCCCCn2cnnc2)CCCC1.I. The third-order valence-corrected chi connectivity index (χ3v) is 4.87. The van der Waals surface area contributed by atoms with E-state index < -0.39 is 0 Å². The zero-order chi connectivity index (χ0) is 15.7. The monoisotopic (exact) mass is 434 g/mol. The minimum Gasteiger partial charge on any atom is -0.356 e. The van der Waals surface area contributed by atoms with Crippen LogP contribution in [0, 0.1) is 5.41 Å². The highest BCUT2D eigenvalue weighted by Gasteiger charge is 2.31. The number of rotatable bonds is 8. The number of aromatic nitrogens is 3. The quantitative estimate of drug-likeness (QED) is 0.286. The van der Waals surface area contributed by atoms with Crippen molar-refractivity contribution in [3.63, 3.8) is 0 Å². The summed E-state index contributed by atoms with van der Waals surface area (Å²) in [5.41, 5.74) is 0.492. The number of unbranched alkanes of at least 4 members (excludes halogenated alkanes) is 1. The molecular weight excluding hydrogens is 403 g/mol. The fraction of sp³-hybridized carbons (Fsp3) is 0.812. The molecule has 0 bridgehead atoms. The molecule has 0 atom stereocenters. The number of aryl methyl sites for hydroxylation is 1. The Balaban J connectivity index is 0.00000264. The van der Waals surface area contributed by atoms with Gasteiger partial charge in [-0.2, -0.15) is 0 Å². The van der Waals surface area contributed by atoms with Crippen LogP contribution in [-0.4, -0.2) is 40.9 Å². The molecule has 0 aliphatic heterocycles. The van der Waals surface area contributed by atoms with Crippen molar-refractivity contribution >= 4 is 29.9 Å². The van der Waals surface area contributed by atoms with E-state index in [1.165, 1.54) is 32.1 Å². The molecule has 0 aromatic carbocycles. The molecule has 0 unspecified atom stereocenters. The van der Waals surface area contributed by atoms with E-state index in [1.807, 2.05) is 11.6 Å². The van der Waals surface area contributed by atoms with Crippen LogP contribution >= 0.6 is 24.0 Å². The normalized spacial score (nSPS) is 16.9. The Labute approximate surface area is 157 Å². The Morgan fingerprint density at radius 2 is 1.87 bits per heavy atom. The van der Waals surface area contributed by atoms with Crippen molar-refractivity contribution in [3.05, 3.63) is 12.7 Å². The molecule has 0 saturated heterocycles. The van der Waals surface area contributed by atoms with Gasteiger partial charge in [0.1, 0.15) is 12.7 Å². The molecule has 1 heterocycles. The zero-order valence-corrected chi connectivity index (χ0v) is 16.8. The number of hydrogen-bond acceptors (Lipinski definition) is 3. The molecule has 23 heavy (non-hydrogen) atoms. The lowest BCUT2D eigenvalue weighted by Crippen LogP contribution is -2.43. The molecule has 2 N–H and O–H groups in total. The van der Waals surface area contributed by atoms with Gasteiger partial charge in [0.25, 0.3) is 0 Å². The van der Waals surface area contributed by atoms with E-state index in [1.54, 1.807) is 12.7 Å². The molecular formula is C16H31IN6. The topological polar surface area (TPSA) is 67.1 Å². The summed E-state index contributed by atoms with van der Waals surface area (Å²) >= 11 is 0. The first kappa shape index (κ1) is 20.2. The molecule has 0 spiro atoms. The second-order valence-electron chi connectivity index (χ2n) is 6.32. The Morgan fingerprint density at radius 1 is 1.17 bits per heavy atom. The third-order valence-electron chi connectivity index (χ3n) is 4.87. The summed E-state index contributed by atoms with van der Waals surface area (Å²) in [7, 11) is 1.85. The van der Waals surface area contributed by atoms with Crippen molar-refractivity contribution in [2.24, 2.45) is 10.4 Å². The molecule has 6 nitrogen and oxygen atoms in total. The maximum atomic E-state index is 4.33. The number of nitrogens with zero attached hydrogens (tertiary/aromatic N) is 4. The molecule has 0 amide bonds. The molecule has 1 aliphatic carbocycles. The van der Waals surface area contributed by atoms with Gasteiger partial charge in [-0.3, -0.25) is 4.99 Å². The Hall–Kier alpha value is -0.860. The highest BCUT2D eigenvalue weighted by atomic mass is 127. The fourth-order valence-corrected chi connectivity index (χ4v) is 3.24. The van der Waals surface area contributed by atoms with Gasteiger partial charge in [-0.25, -0.2) is 0 Å². The van der Waals surface area contributed by atoms with Gasteiger partial charge < -0.3 is 15.2 Å². The highest BCUT2D eigenvalue weighted by Crippen LogP contribution is 2.40. The maximum Gasteiger partial charge on any atom is 0.190 e. The van der Waals surface area contributed by atoms with Crippen molar-refractivity contribution in [1.29, 1.82) is 0 Å². The summed E-state index contributed by atoms with van der Waals surface area (Å²) in [6, 6.07) is 0. The van der Waals surface area contributed by atoms with Gasteiger partial charge in [-0.05, 0) is 37.5 Å². The van der Waals surface area contributed by atoms with Crippen molar-refractivity contribution in [3.8, 4) is 0 Å². The number of hydrogen-bond donors (Lipinski definition) is 2. The second kappa shape index (κ2) is 10.8. The number of aliphatic imine (C=N–C) groups is 1. The van der Waals surface area contributed by atoms with E-state index >= 15 is 0 Å². The Kier molecular flexibility index (Phi) is 9.50. The van der Waals surface area contributed by atoms with Crippen LogP contribution in [0.4, 0.5) is 0 Å². The van der Waals surface area contributed by atoms with Crippen LogP contribution < -0.4 is 10.6 Å². The van der Waals surface area contributed by atoms with Crippen LogP contribution in [0.25, 0.3) is 0 Å². The van der Waals surface area contributed by atoms with Crippen LogP contribution in [0.1, 0.15) is 51.9 Å². The van der Waals surface area contributed by atoms with Gasteiger partial charge in [0.05, 0.1) is 0 Å². The lowest BCUT2D eigenvalue weighted by molar-refractivity contribution is 0.283. The van der Waals surface area contributed by atoms with Crippen molar-refractivity contribution < 1.29 is 0 Å². The van der Waals surface area contributed by atoms with Crippen LogP contribution in [0.15, 0.2) is 17.6 Å². The second-order valence-corrected chi connectivity index (χ2v) is 6.32. The number of nitrogens with one attached hydrogen (secondary N) is 2. The fourth-order valence-electron chi connectivity index (χ4n) is 3.24. The standard InChI is InChI=1S/C16H30N6.HI/c1-3-16(8-4-5-9-16)12-19-15(17-2)18-10-6-7-11-22-13-20-21-14-22;/h13-14H,3-12H2,1-2H3,(H2,17,18,19);1H. The van der Waals surface area contributed by atoms with Crippen molar-refractivity contribution in [1.82, 2.24) is 25.4 Å². The zero-order valence-electron chi connectivity index (χ0n) is 14.4. The first-order valence-electron chi connectivity index (χ1n) is 8.55. The highest BCUT2D eigenvalue weighted by molar-refractivity contribution is 14.0. The molecule has 1 aliphatic rings. The summed E-state index contributed by atoms with van der Waals surface area (Å²) < 4.78 is 2.01.